The predicted molar refractivity (Wildman–Crippen MR) is 70.8 cm³/mol. The summed E-state index contributed by atoms with van der Waals surface area (Å²) in [6, 6.07) is 0. The zero-order chi connectivity index (χ0) is 12.7. The van der Waals surface area contributed by atoms with Gasteiger partial charge in [0.25, 0.3) is 0 Å². The third kappa shape index (κ3) is 3.96. The molecule has 1 rings (SSSR count). The van der Waals surface area contributed by atoms with Crippen LogP contribution in [0.15, 0.2) is 0 Å². The first-order valence-electron chi connectivity index (χ1n) is 6.82. The van der Waals surface area contributed by atoms with Crippen molar-refractivity contribution in [3.05, 3.63) is 0 Å². The first-order valence-corrected chi connectivity index (χ1v) is 6.82. The van der Waals surface area contributed by atoms with Crippen LogP contribution >= 0.6 is 0 Å². The summed E-state index contributed by atoms with van der Waals surface area (Å²) >= 11 is 0. The van der Waals surface area contributed by atoms with Crippen molar-refractivity contribution in [1.82, 2.24) is 10.2 Å². The van der Waals surface area contributed by atoms with Crippen LogP contribution < -0.4 is 11.1 Å². The Kier molecular flexibility index (Phi) is 5.92. The van der Waals surface area contributed by atoms with Crippen molar-refractivity contribution in [3.8, 4) is 0 Å². The van der Waals surface area contributed by atoms with Crippen molar-refractivity contribution in [2.24, 2.45) is 5.73 Å². The highest BCUT2D eigenvalue weighted by molar-refractivity contribution is 5.78. The summed E-state index contributed by atoms with van der Waals surface area (Å²) < 4.78 is 0. The van der Waals surface area contributed by atoms with Gasteiger partial charge >= 0.3 is 0 Å². The largest absolute Gasteiger partial charge is 0.355 e. The molecule has 0 heterocycles. The molecule has 1 saturated carbocycles. The van der Waals surface area contributed by atoms with Gasteiger partial charge in [-0.2, -0.15) is 0 Å². The highest BCUT2D eigenvalue weighted by Crippen LogP contribution is 2.33. The number of nitrogens with two attached hydrogens (primary N) is 1. The minimum Gasteiger partial charge on any atom is -0.355 e. The van der Waals surface area contributed by atoms with E-state index in [1.165, 1.54) is 12.8 Å². The quantitative estimate of drug-likeness (QED) is 0.656. The Bertz CT molecular complexity index is 237. The van der Waals surface area contributed by atoms with Crippen molar-refractivity contribution in [3.63, 3.8) is 0 Å². The van der Waals surface area contributed by atoms with Gasteiger partial charge in [0.2, 0.25) is 5.91 Å². The van der Waals surface area contributed by atoms with E-state index in [9.17, 15) is 4.79 Å². The van der Waals surface area contributed by atoms with Gasteiger partial charge in [-0.15, -0.1) is 0 Å². The lowest BCUT2D eigenvalue weighted by Crippen LogP contribution is -2.53. The molecule has 0 atom stereocenters. The van der Waals surface area contributed by atoms with Gasteiger partial charge < -0.3 is 11.1 Å². The van der Waals surface area contributed by atoms with Crippen LogP contribution in [-0.4, -0.2) is 43.0 Å². The first kappa shape index (κ1) is 14.5. The molecule has 1 amide bonds. The van der Waals surface area contributed by atoms with E-state index >= 15 is 0 Å². The Morgan fingerprint density at radius 2 is 2.06 bits per heavy atom. The number of amides is 1. The number of rotatable bonds is 7. The zero-order valence-corrected chi connectivity index (χ0v) is 11.3. The fraction of sp³-hybridized carbons (Fsp3) is 0.923. The van der Waals surface area contributed by atoms with E-state index in [0.29, 0.717) is 13.1 Å². The first-order chi connectivity index (χ1) is 8.14. The molecule has 17 heavy (non-hydrogen) atoms. The number of hydrogen-bond donors (Lipinski definition) is 2. The monoisotopic (exact) mass is 241 g/mol. The maximum atomic E-state index is 11.7. The molecular formula is C13H27N3O. The summed E-state index contributed by atoms with van der Waals surface area (Å²) in [7, 11) is 2.03. The Labute approximate surface area is 105 Å². The van der Waals surface area contributed by atoms with Gasteiger partial charge in [-0.25, -0.2) is 0 Å². The molecule has 1 fully saturated rings. The average Bonchev–Trinajstić information content (AvgIpc) is 2.79. The van der Waals surface area contributed by atoms with Crippen LogP contribution in [0.1, 0.15) is 45.4 Å². The van der Waals surface area contributed by atoms with Crippen LogP contribution in [0.3, 0.4) is 0 Å². The Morgan fingerprint density at radius 1 is 1.41 bits per heavy atom. The second-order valence-electron chi connectivity index (χ2n) is 5.20. The second-order valence-corrected chi connectivity index (χ2v) is 5.20. The molecule has 100 valence electrons. The van der Waals surface area contributed by atoms with Gasteiger partial charge in [-0.3, -0.25) is 9.69 Å². The molecule has 0 unspecified atom stereocenters. The zero-order valence-electron chi connectivity index (χ0n) is 11.3. The summed E-state index contributed by atoms with van der Waals surface area (Å²) in [5.41, 5.74) is 5.97. The highest BCUT2D eigenvalue weighted by Gasteiger charge is 2.36. The number of nitrogens with one attached hydrogen (secondary N) is 1. The molecule has 3 N–H and O–H groups in total. The van der Waals surface area contributed by atoms with E-state index in [2.05, 4.69) is 17.1 Å². The minimum absolute atomic E-state index is 0.0715. The minimum atomic E-state index is 0.0715. The van der Waals surface area contributed by atoms with E-state index in [0.717, 1.165) is 32.2 Å². The number of hydrogen-bond acceptors (Lipinski definition) is 3. The SMILES string of the molecule is CCCCNC(=O)CN(C)C1(CN)CCCC1. The number of carbonyl (C=O) groups is 1. The molecule has 0 aromatic carbocycles. The van der Waals surface area contributed by atoms with Crippen molar-refractivity contribution in [1.29, 1.82) is 0 Å². The summed E-state index contributed by atoms with van der Waals surface area (Å²) in [5, 5.41) is 2.96. The summed E-state index contributed by atoms with van der Waals surface area (Å²) in [6.45, 7) is 4.05. The van der Waals surface area contributed by atoms with Gasteiger partial charge in [-0.1, -0.05) is 26.2 Å². The van der Waals surface area contributed by atoms with Gasteiger partial charge in [0.05, 0.1) is 6.54 Å². The molecule has 4 heteroatoms. The molecule has 0 bridgehead atoms. The van der Waals surface area contributed by atoms with Crippen molar-refractivity contribution in [2.45, 2.75) is 51.0 Å². The van der Waals surface area contributed by atoms with Crippen molar-refractivity contribution >= 4 is 5.91 Å². The van der Waals surface area contributed by atoms with E-state index in [-0.39, 0.29) is 11.4 Å². The molecule has 0 aliphatic heterocycles. The van der Waals surface area contributed by atoms with Gasteiger partial charge in [-0.05, 0) is 26.3 Å². The Balaban J connectivity index is 2.36. The van der Waals surface area contributed by atoms with E-state index in [1.54, 1.807) is 0 Å². The van der Waals surface area contributed by atoms with Crippen LogP contribution in [0, 0.1) is 0 Å². The molecule has 0 spiro atoms. The summed E-state index contributed by atoms with van der Waals surface area (Å²) in [6.07, 6.45) is 6.89. The Morgan fingerprint density at radius 3 is 2.59 bits per heavy atom. The maximum absolute atomic E-state index is 11.7. The lowest BCUT2D eigenvalue weighted by Gasteiger charge is -2.37. The number of likely N-dealkylation sites (N-methyl/N-ethyl adjacent to an activating group) is 1. The molecule has 0 radical (unpaired) electrons. The van der Waals surface area contributed by atoms with Gasteiger partial charge in [0, 0.05) is 18.6 Å². The fourth-order valence-electron chi connectivity index (χ4n) is 2.62. The van der Waals surface area contributed by atoms with E-state index in [4.69, 9.17) is 5.73 Å². The molecule has 0 aromatic rings. The lowest BCUT2D eigenvalue weighted by molar-refractivity contribution is -0.123. The maximum Gasteiger partial charge on any atom is 0.234 e. The number of unbranched alkanes of at least 4 members (excludes halogenated alkanes) is 1. The van der Waals surface area contributed by atoms with Crippen LogP contribution in [0.5, 0.6) is 0 Å². The number of nitrogens with zero attached hydrogens (tertiary/aromatic N) is 1. The van der Waals surface area contributed by atoms with Crippen LogP contribution in [-0.2, 0) is 4.79 Å². The highest BCUT2D eigenvalue weighted by atomic mass is 16.2. The average molecular weight is 241 g/mol. The molecule has 0 saturated heterocycles. The predicted octanol–water partition coefficient (Wildman–Crippen LogP) is 1.11. The van der Waals surface area contributed by atoms with Crippen molar-refractivity contribution < 1.29 is 4.79 Å². The van der Waals surface area contributed by atoms with Gasteiger partial charge in [0.1, 0.15) is 0 Å². The lowest BCUT2D eigenvalue weighted by atomic mass is 9.96. The van der Waals surface area contributed by atoms with Gasteiger partial charge in [0.15, 0.2) is 0 Å². The third-order valence-corrected chi connectivity index (χ3v) is 3.96. The van der Waals surface area contributed by atoms with Crippen LogP contribution in [0.25, 0.3) is 0 Å². The standard InChI is InChI=1S/C13H27N3O/c1-3-4-9-15-12(17)10-16(2)13(11-14)7-5-6-8-13/h3-11,14H2,1-2H3,(H,15,17). The number of carbonyl (C=O) groups excluding carboxylic acids is 1. The summed E-state index contributed by atoms with van der Waals surface area (Å²) in [5.74, 6) is 0.126. The second kappa shape index (κ2) is 6.97. The van der Waals surface area contributed by atoms with Crippen LogP contribution in [0.2, 0.25) is 0 Å². The van der Waals surface area contributed by atoms with Crippen LogP contribution in [0.4, 0.5) is 0 Å². The molecular weight excluding hydrogens is 214 g/mol. The third-order valence-electron chi connectivity index (χ3n) is 3.96. The summed E-state index contributed by atoms with van der Waals surface area (Å²) in [4.78, 5) is 13.9. The topological polar surface area (TPSA) is 58.4 Å². The van der Waals surface area contributed by atoms with Crippen molar-refractivity contribution in [2.75, 3.05) is 26.7 Å². The molecule has 1 aliphatic carbocycles. The molecule has 4 nitrogen and oxygen atoms in total. The Hall–Kier alpha value is -0.610. The molecule has 0 aromatic heterocycles. The normalized spacial score (nSPS) is 18.6. The smallest absolute Gasteiger partial charge is 0.234 e. The van der Waals surface area contributed by atoms with E-state index in [1.807, 2.05) is 7.05 Å². The molecule has 1 aliphatic rings. The fourth-order valence-corrected chi connectivity index (χ4v) is 2.62. The van der Waals surface area contributed by atoms with E-state index < -0.39 is 0 Å².